The van der Waals surface area contributed by atoms with E-state index in [0.717, 1.165) is 11.1 Å². The van der Waals surface area contributed by atoms with Crippen LogP contribution in [0.4, 0.5) is 0 Å². The topological polar surface area (TPSA) is 47.6 Å². The molecule has 0 aliphatic carbocycles. The number of benzene rings is 2. The van der Waals surface area contributed by atoms with Gasteiger partial charge in [-0.1, -0.05) is 41.9 Å². The highest BCUT2D eigenvalue weighted by molar-refractivity contribution is 6.32. The molecule has 0 aliphatic heterocycles. The molecular weight excluding hydrogens is 256 g/mol. The first-order valence-electron chi connectivity index (χ1n) is 5.61. The molecule has 0 unspecified atom stereocenters. The van der Waals surface area contributed by atoms with Crippen LogP contribution in [-0.2, 0) is 0 Å². The van der Waals surface area contributed by atoms with Gasteiger partial charge in [0.2, 0.25) is 0 Å². The molecule has 0 amide bonds. The van der Waals surface area contributed by atoms with E-state index in [-0.39, 0.29) is 0 Å². The quantitative estimate of drug-likeness (QED) is 0.600. The Hall–Kier alpha value is -2.55. The van der Waals surface area contributed by atoms with Crippen LogP contribution in [0.3, 0.4) is 0 Å². The monoisotopic (exact) mass is 264 g/mol. The summed E-state index contributed by atoms with van der Waals surface area (Å²) in [6, 6.07) is 18.4. The molecule has 0 heterocycles. The second-order valence-corrected chi connectivity index (χ2v) is 4.29. The first-order chi connectivity index (χ1) is 9.24. The average Bonchev–Trinajstić information content (AvgIpc) is 2.47. The minimum Gasteiger partial charge on any atom is -0.192 e. The van der Waals surface area contributed by atoms with Gasteiger partial charge >= 0.3 is 0 Å². The van der Waals surface area contributed by atoms with E-state index >= 15 is 0 Å². The lowest BCUT2D eigenvalue weighted by Crippen LogP contribution is -1.83. The molecule has 90 valence electrons. The summed E-state index contributed by atoms with van der Waals surface area (Å²) >= 11 is 6.06. The molecule has 19 heavy (non-hydrogen) atoms. The number of halogens is 1. The lowest BCUT2D eigenvalue weighted by Gasteiger charge is -2.01. The fourth-order valence-corrected chi connectivity index (χ4v) is 1.84. The zero-order chi connectivity index (χ0) is 13.7. The van der Waals surface area contributed by atoms with Crippen molar-refractivity contribution >= 4 is 23.3 Å². The summed E-state index contributed by atoms with van der Waals surface area (Å²) in [6.07, 6.45) is 1.74. The van der Waals surface area contributed by atoms with Gasteiger partial charge in [0, 0.05) is 5.02 Å². The van der Waals surface area contributed by atoms with E-state index in [1.165, 1.54) is 0 Å². The van der Waals surface area contributed by atoms with E-state index in [0.29, 0.717) is 16.2 Å². The van der Waals surface area contributed by atoms with Crippen LogP contribution in [0.15, 0.2) is 48.5 Å². The minimum absolute atomic E-state index is 0.512. The summed E-state index contributed by atoms with van der Waals surface area (Å²) in [5, 5.41) is 18.6. The SMILES string of the molecule is N#C/C(=C/c1ccccc1Cl)c1ccc(C#N)cc1. The molecule has 3 heteroatoms. The highest BCUT2D eigenvalue weighted by Crippen LogP contribution is 2.22. The maximum Gasteiger partial charge on any atom is 0.0998 e. The number of nitrogens with zero attached hydrogens (tertiary/aromatic N) is 2. The van der Waals surface area contributed by atoms with Crippen molar-refractivity contribution in [3.63, 3.8) is 0 Å². The molecule has 0 aromatic heterocycles. The molecular formula is C16H9ClN2. The third-order valence-corrected chi connectivity index (χ3v) is 2.99. The average molecular weight is 265 g/mol. The highest BCUT2D eigenvalue weighted by Gasteiger charge is 2.03. The van der Waals surface area contributed by atoms with Crippen molar-refractivity contribution in [1.82, 2.24) is 0 Å². The third kappa shape index (κ3) is 3.01. The third-order valence-electron chi connectivity index (χ3n) is 2.65. The van der Waals surface area contributed by atoms with E-state index in [2.05, 4.69) is 6.07 Å². The molecule has 0 fully saturated rings. The van der Waals surface area contributed by atoms with Crippen molar-refractivity contribution in [2.45, 2.75) is 0 Å². The van der Waals surface area contributed by atoms with Crippen LogP contribution >= 0.6 is 11.6 Å². The first-order valence-corrected chi connectivity index (χ1v) is 5.99. The Morgan fingerprint density at radius 2 is 1.68 bits per heavy atom. The van der Waals surface area contributed by atoms with E-state index in [9.17, 15) is 5.26 Å². The van der Waals surface area contributed by atoms with Crippen molar-refractivity contribution in [3.8, 4) is 12.1 Å². The molecule has 0 aliphatic rings. The molecule has 0 radical (unpaired) electrons. The number of rotatable bonds is 2. The number of allylic oxidation sites excluding steroid dienone is 1. The maximum atomic E-state index is 9.23. The summed E-state index contributed by atoms with van der Waals surface area (Å²) in [6.45, 7) is 0. The molecule has 0 atom stereocenters. The number of hydrogen-bond donors (Lipinski definition) is 0. The molecule has 2 rings (SSSR count). The normalized spacial score (nSPS) is 10.6. The van der Waals surface area contributed by atoms with Gasteiger partial charge < -0.3 is 0 Å². The Morgan fingerprint density at radius 1 is 1.00 bits per heavy atom. The maximum absolute atomic E-state index is 9.23. The molecule has 0 saturated heterocycles. The van der Waals surface area contributed by atoms with Crippen LogP contribution in [-0.4, -0.2) is 0 Å². The Labute approximate surface area is 116 Å². The largest absolute Gasteiger partial charge is 0.192 e. The Morgan fingerprint density at radius 3 is 2.26 bits per heavy atom. The van der Waals surface area contributed by atoms with Crippen molar-refractivity contribution in [2.24, 2.45) is 0 Å². The van der Waals surface area contributed by atoms with Crippen molar-refractivity contribution < 1.29 is 0 Å². The lowest BCUT2D eigenvalue weighted by molar-refractivity contribution is 1.47. The summed E-state index contributed by atoms with van der Waals surface area (Å²) in [5.41, 5.74) is 2.64. The summed E-state index contributed by atoms with van der Waals surface area (Å²) in [7, 11) is 0. The van der Waals surface area contributed by atoms with Crippen LogP contribution < -0.4 is 0 Å². The molecule has 0 saturated carbocycles. The number of nitriles is 2. The smallest absolute Gasteiger partial charge is 0.0998 e. The molecule has 0 N–H and O–H groups in total. The Kier molecular flexibility index (Phi) is 3.98. The van der Waals surface area contributed by atoms with E-state index in [1.54, 1.807) is 36.4 Å². The van der Waals surface area contributed by atoms with Crippen LogP contribution in [0.1, 0.15) is 16.7 Å². The van der Waals surface area contributed by atoms with Crippen LogP contribution in [0.2, 0.25) is 5.02 Å². The predicted octanol–water partition coefficient (Wildman–Crippen LogP) is 4.28. The fraction of sp³-hybridized carbons (Fsp3) is 0. The van der Waals surface area contributed by atoms with E-state index in [4.69, 9.17) is 16.9 Å². The van der Waals surface area contributed by atoms with Gasteiger partial charge in [-0.25, -0.2) is 0 Å². The first kappa shape index (κ1) is 12.9. The van der Waals surface area contributed by atoms with Gasteiger partial charge in [-0.2, -0.15) is 10.5 Å². The number of hydrogen-bond acceptors (Lipinski definition) is 2. The molecule has 0 bridgehead atoms. The minimum atomic E-state index is 0.512. The second kappa shape index (κ2) is 5.87. The van der Waals surface area contributed by atoms with Gasteiger partial charge in [0.25, 0.3) is 0 Å². The molecule has 2 aromatic carbocycles. The van der Waals surface area contributed by atoms with Gasteiger partial charge in [-0.3, -0.25) is 0 Å². The lowest BCUT2D eigenvalue weighted by atomic mass is 10.0. The van der Waals surface area contributed by atoms with Crippen LogP contribution in [0, 0.1) is 22.7 Å². The Balaban J connectivity index is 2.43. The highest BCUT2D eigenvalue weighted by atomic mass is 35.5. The predicted molar refractivity (Wildman–Crippen MR) is 76.1 cm³/mol. The van der Waals surface area contributed by atoms with Crippen molar-refractivity contribution in [1.29, 1.82) is 10.5 Å². The molecule has 2 nitrogen and oxygen atoms in total. The fourth-order valence-electron chi connectivity index (χ4n) is 1.65. The van der Waals surface area contributed by atoms with E-state index in [1.807, 2.05) is 24.3 Å². The Bertz CT molecular complexity index is 701. The summed E-state index contributed by atoms with van der Waals surface area (Å²) in [5.74, 6) is 0. The van der Waals surface area contributed by atoms with Gasteiger partial charge in [-0.15, -0.1) is 0 Å². The van der Waals surface area contributed by atoms with E-state index < -0.39 is 0 Å². The van der Waals surface area contributed by atoms with Crippen molar-refractivity contribution in [2.75, 3.05) is 0 Å². The van der Waals surface area contributed by atoms with Gasteiger partial charge in [0.15, 0.2) is 0 Å². The van der Waals surface area contributed by atoms with Gasteiger partial charge in [0.1, 0.15) is 0 Å². The summed E-state index contributed by atoms with van der Waals surface area (Å²) < 4.78 is 0. The zero-order valence-corrected chi connectivity index (χ0v) is 10.7. The van der Waals surface area contributed by atoms with Crippen LogP contribution in [0.5, 0.6) is 0 Å². The molecule has 2 aromatic rings. The van der Waals surface area contributed by atoms with Crippen LogP contribution in [0.25, 0.3) is 11.6 Å². The standard InChI is InChI=1S/C16H9ClN2/c17-16-4-2-1-3-14(16)9-15(11-19)13-7-5-12(10-18)6-8-13/h1-9H/b15-9-. The second-order valence-electron chi connectivity index (χ2n) is 3.88. The summed E-state index contributed by atoms with van der Waals surface area (Å²) in [4.78, 5) is 0. The molecule has 0 spiro atoms. The van der Waals surface area contributed by atoms with Gasteiger partial charge in [0.05, 0.1) is 23.3 Å². The van der Waals surface area contributed by atoms with Crippen molar-refractivity contribution in [3.05, 3.63) is 70.2 Å². The zero-order valence-electron chi connectivity index (χ0n) is 9.97. The van der Waals surface area contributed by atoms with Gasteiger partial charge in [-0.05, 0) is 35.4 Å².